The van der Waals surface area contributed by atoms with Gasteiger partial charge in [-0.15, -0.1) is 0 Å². The van der Waals surface area contributed by atoms with Gasteiger partial charge in [-0.2, -0.15) is 0 Å². The predicted molar refractivity (Wildman–Crippen MR) is 121 cm³/mol. The number of aliphatic hydroxyl groups excluding tert-OH is 1. The lowest BCUT2D eigenvalue weighted by molar-refractivity contribution is -0.136. The van der Waals surface area contributed by atoms with Gasteiger partial charge in [-0.25, -0.2) is 0 Å². The zero-order chi connectivity index (χ0) is 21.8. The molecular weight excluding hydrogens is 376 g/mol. The smallest absolute Gasteiger partial charge is 0.304 e. The summed E-state index contributed by atoms with van der Waals surface area (Å²) in [5, 5.41) is 27.8. The Morgan fingerprint density at radius 1 is 0.867 bits per heavy atom. The first-order chi connectivity index (χ1) is 14.5. The van der Waals surface area contributed by atoms with Crippen LogP contribution in [0.3, 0.4) is 0 Å². The van der Waals surface area contributed by atoms with Crippen molar-refractivity contribution in [1.29, 1.82) is 5.41 Å². The molecule has 0 unspecified atom stereocenters. The molecule has 0 atom stereocenters. The molecular formula is C25H28N2O3. The molecule has 3 aromatic carbocycles. The molecule has 5 nitrogen and oxygen atoms in total. The first-order valence-corrected chi connectivity index (χ1v) is 9.82. The lowest BCUT2D eigenvalue weighted by atomic mass is 10.0. The van der Waals surface area contributed by atoms with Crippen LogP contribution in [-0.4, -0.2) is 28.4 Å². The fourth-order valence-electron chi connectivity index (χ4n) is 2.73. The summed E-state index contributed by atoms with van der Waals surface area (Å²) < 4.78 is 0. The largest absolute Gasteiger partial charge is 0.481 e. The van der Waals surface area contributed by atoms with Crippen molar-refractivity contribution in [2.75, 3.05) is 6.54 Å². The van der Waals surface area contributed by atoms with E-state index in [2.05, 4.69) is 17.4 Å². The molecule has 0 aromatic heterocycles. The third kappa shape index (κ3) is 7.99. The van der Waals surface area contributed by atoms with E-state index in [4.69, 9.17) is 15.6 Å². The number of rotatable bonds is 8. The predicted octanol–water partition coefficient (Wildman–Crippen LogP) is 4.48. The lowest BCUT2D eigenvalue weighted by Crippen LogP contribution is -2.17. The van der Waals surface area contributed by atoms with Crippen LogP contribution >= 0.6 is 0 Å². The molecule has 30 heavy (non-hydrogen) atoms. The van der Waals surface area contributed by atoms with Crippen molar-refractivity contribution in [3.8, 4) is 11.1 Å². The van der Waals surface area contributed by atoms with Crippen molar-refractivity contribution in [2.45, 2.75) is 26.5 Å². The SMILES string of the molecule is CC(=N)c1ccc(CNCCC(=O)O)cc1.OCc1ccc(-c2ccccc2)cc1. The zero-order valence-corrected chi connectivity index (χ0v) is 17.1. The molecule has 0 bridgehead atoms. The number of hydrogen-bond donors (Lipinski definition) is 4. The van der Waals surface area contributed by atoms with Crippen LogP contribution in [0.1, 0.15) is 30.0 Å². The third-order valence-electron chi connectivity index (χ3n) is 4.48. The highest BCUT2D eigenvalue weighted by atomic mass is 16.4. The molecule has 0 saturated heterocycles. The molecule has 3 aromatic rings. The Morgan fingerprint density at radius 3 is 1.97 bits per heavy atom. The number of hydrogen-bond acceptors (Lipinski definition) is 4. The highest BCUT2D eigenvalue weighted by Gasteiger charge is 1.98. The topological polar surface area (TPSA) is 93.4 Å². The van der Waals surface area contributed by atoms with Crippen LogP contribution in [0, 0.1) is 5.41 Å². The fourth-order valence-corrected chi connectivity index (χ4v) is 2.73. The number of carbonyl (C=O) groups is 1. The quantitative estimate of drug-likeness (QED) is 0.329. The maximum absolute atomic E-state index is 10.3. The molecule has 0 fully saturated rings. The second-order valence-corrected chi connectivity index (χ2v) is 6.86. The van der Waals surface area contributed by atoms with E-state index in [0.29, 0.717) is 18.8 Å². The van der Waals surface area contributed by atoms with Crippen LogP contribution in [0.15, 0.2) is 78.9 Å². The minimum absolute atomic E-state index is 0.106. The minimum Gasteiger partial charge on any atom is -0.481 e. The van der Waals surface area contributed by atoms with E-state index in [1.807, 2.05) is 66.7 Å². The number of carboxylic acid groups (broad SMARTS) is 1. The molecule has 0 aliphatic rings. The standard InChI is InChI=1S/C13H12O.C12H16N2O2/c14-10-11-6-8-13(9-7-11)12-4-2-1-3-5-12;1-9(13)11-4-2-10(3-5-11)8-14-7-6-12(15)16/h1-9,14H,10H2;2-5,13-14H,6-8H2,1H3,(H,15,16). The van der Waals surface area contributed by atoms with Crippen molar-refractivity contribution < 1.29 is 15.0 Å². The monoisotopic (exact) mass is 404 g/mol. The number of benzene rings is 3. The fraction of sp³-hybridized carbons (Fsp3) is 0.200. The second-order valence-electron chi connectivity index (χ2n) is 6.86. The summed E-state index contributed by atoms with van der Waals surface area (Å²) in [6, 6.07) is 25.8. The highest BCUT2D eigenvalue weighted by Crippen LogP contribution is 2.18. The van der Waals surface area contributed by atoms with Crippen molar-refractivity contribution in [3.63, 3.8) is 0 Å². The summed E-state index contributed by atoms with van der Waals surface area (Å²) >= 11 is 0. The van der Waals surface area contributed by atoms with Crippen LogP contribution in [-0.2, 0) is 17.9 Å². The zero-order valence-electron chi connectivity index (χ0n) is 17.1. The van der Waals surface area contributed by atoms with E-state index in [0.717, 1.165) is 16.7 Å². The molecule has 3 rings (SSSR count). The van der Waals surface area contributed by atoms with Crippen molar-refractivity contribution in [3.05, 3.63) is 95.6 Å². The van der Waals surface area contributed by atoms with E-state index in [-0.39, 0.29) is 13.0 Å². The van der Waals surface area contributed by atoms with Crippen molar-refractivity contribution in [1.82, 2.24) is 5.32 Å². The number of carboxylic acids is 1. The second kappa shape index (κ2) is 12.3. The van der Waals surface area contributed by atoms with Gasteiger partial charge in [0.05, 0.1) is 13.0 Å². The van der Waals surface area contributed by atoms with E-state index in [1.54, 1.807) is 6.92 Å². The lowest BCUT2D eigenvalue weighted by Gasteiger charge is -2.04. The maximum atomic E-state index is 10.3. The van der Waals surface area contributed by atoms with E-state index >= 15 is 0 Å². The van der Waals surface area contributed by atoms with Gasteiger partial charge < -0.3 is 20.9 Å². The Labute approximate surface area is 177 Å². The van der Waals surface area contributed by atoms with Gasteiger partial charge in [-0.05, 0) is 34.7 Å². The number of aliphatic carboxylic acids is 1. The van der Waals surface area contributed by atoms with Gasteiger partial charge >= 0.3 is 5.97 Å². The Balaban J connectivity index is 0.000000215. The first kappa shape index (κ1) is 23.0. The van der Waals surface area contributed by atoms with Crippen LogP contribution in [0.4, 0.5) is 0 Å². The van der Waals surface area contributed by atoms with E-state index in [1.165, 1.54) is 11.1 Å². The third-order valence-corrected chi connectivity index (χ3v) is 4.48. The van der Waals surface area contributed by atoms with E-state index < -0.39 is 5.97 Å². The molecule has 0 heterocycles. The molecule has 0 spiro atoms. The average molecular weight is 405 g/mol. The van der Waals surface area contributed by atoms with Crippen LogP contribution < -0.4 is 5.32 Å². The Morgan fingerprint density at radius 2 is 1.43 bits per heavy atom. The summed E-state index contributed by atoms with van der Waals surface area (Å²) in [6.45, 7) is 2.99. The van der Waals surface area contributed by atoms with E-state index in [9.17, 15) is 4.79 Å². The Bertz CT molecular complexity index is 921. The average Bonchev–Trinajstić information content (AvgIpc) is 2.78. The number of nitrogens with one attached hydrogen (secondary N) is 2. The summed E-state index contributed by atoms with van der Waals surface area (Å²) in [7, 11) is 0. The summed E-state index contributed by atoms with van der Waals surface area (Å²) in [6.07, 6.45) is 0.137. The van der Waals surface area contributed by atoms with Crippen molar-refractivity contribution >= 4 is 11.7 Å². The summed E-state index contributed by atoms with van der Waals surface area (Å²) in [5.74, 6) is -0.790. The Kier molecular flexibility index (Phi) is 9.45. The van der Waals surface area contributed by atoms with Crippen LogP contribution in [0.25, 0.3) is 11.1 Å². The van der Waals surface area contributed by atoms with Crippen molar-refractivity contribution in [2.24, 2.45) is 0 Å². The molecule has 0 aliphatic carbocycles. The summed E-state index contributed by atoms with van der Waals surface area (Å²) in [4.78, 5) is 10.3. The molecule has 156 valence electrons. The maximum Gasteiger partial charge on any atom is 0.304 e. The molecule has 0 saturated carbocycles. The molecule has 4 N–H and O–H groups in total. The van der Waals surface area contributed by atoms with Gasteiger partial charge in [0, 0.05) is 18.8 Å². The number of aliphatic hydroxyl groups is 1. The minimum atomic E-state index is -0.790. The van der Waals surface area contributed by atoms with Gasteiger partial charge in [0.15, 0.2) is 0 Å². The molecule has 0 amide bonds. The normalized spacial score (nSPS) is 10.1. The van der Waals surface area contributed by atoms with Crippen LogP contribution in [0.2, 0.25) is 0 Å². The van der Waals surface area contributed by atoms with Gasteiger partial charge in [0.1, 0.15) is 0 Å². The molecule has 5 heteroatoms. The van der Waals surface area contributed by atoms with Gasteiger partial charge in [-0.3, -0.25) is 4.79 Å². The van der Waals surface area contributed by atoms with Crippen LogP contribution in [0.5, 0.6) is 0 Å². The first-order valence-electron chi connectivity index (χ1n) is 9.82. The van der Waals surface area contributed by atoms with Gasteiger partial charge in [0.2, 0.25) is 0 Å². The summed E-state index contributed by atoms with van der Waals surface area (Å²) in [5.41, 5.74) is 5.89. The highest BCUT2D eigenvalue weighted by molar-refractivity contribution is 5.96. The molecule has 0 aliphatic heterocycles. The molecule has 0 radical (unpaired) electrons. The van der Waals surface area contributed by atoms with Gasteiger partial charge in [-0.1, -0.05) is 78.9 Å². The Hall–Kier alpha value is -3.28. The van der Waals surface area contributed by atoms with Gasteiger partial charge in [0.25, 0.3) is 0 Å².